The molecule has 0 atom stereocenters. The van der Waals surface area contributed by atoms with Crippen LogP contribution in [0.5, 0.6) is 0 Å². The summed E-state index contributed by atoms with van der Waals surface area (Å²) < 4.78 is 5.26. The van der Waals surface area contributed by atoms with E-state index in [0.717, 1.165) is 32.6 Å². The molecule has 0 aromatic carbocycles. The van der Waals surface area contributed by atoms with Crippen molar-refractivity contribution in [3.8, 4) is 0 Å². The molecule has 4 heteroatoms. The molecule has 82 valence electrons. The van der Waals surface area contributed by atoms with Crippen LogP contribution in [0, 0.1) is 0 Å². The second-order valence-corrected chi connectivity index (χ2v) is 3.70. The molecule has 1 amide bonds. The summed E-state index contributed by atoms with van der Waals surface area (Å²) in [6, 6.07) is 0.383. The summed E-state index contributed by atoms with van der Waals surface area (Å²) in [5, 5.41) is 2.98. The Morgan fingerprint density at radius 1 is 1.50 bits per heavy atom. The van der Waals surface area contributed by atoms with E-state index in [4.69, 9.17) is 4.74 Å². The van der Waals surface area contributed by atoms with E-state index in [-0.39, 0.29) is 5.91 Å². The first-order valence-electron chi connectivity index (χ1n) is 5.23. The topological polar surface area (TPSA) is 41.6 Å². The van der Waals surface area contributed by atoms with Gasteiger partial charge in [0.15, 0.2) is 0 Å². The first kappa shape index (κ1) is 11.5. The quantitative estimate of drug-likeness (QED) is 0.706. The summed E-state index contributed by atoms with van der Waals surface area (Å²) in [4.78, 5) is 13.5. The van der Waals surface area contributed by atoms with Gasteiger partial charge in [-0.25, -0.2) is 0 Å². The Kier molecular flexibility index (Phi) is 4.90. The van der Waals surface area contributed by atoms with Crippen LogP contribution in [0.3, 0.4) is 0 Å². The Labute approximate surface area is 85.6 Å². The lowest BCUT2D eigenvalue weighted by atomic mass is 10.1. The summed E-state index contributed by atoms with van der Waals surface area (Å²) in [7, 11) is 3.76. The molecule has 1 fully saturated rings. The maximum absolute atomic E-state index is 11.6. The molecule has 14 heavy (non-hydrogen) atoms. The minimum Gasteiger partial charge on any atom is -0.381 e. The predicted molar refractivity (Wildman–Crippen MR) is 55.2 cm³/mol. The SMILES string of the molecule is CNCCC(=O)N(C)C1CCOCC1. The van der Waals surface area contributed by atoms with Gasteiger partial charge in [0.1, 0.15) is 0 Å². The standard InChI is InChI=1S/C10H20N2O2/c1-11-6-3-10(13)12(2)9-4-7-14-8-5-9/h9,11H,3-8H2,1-2H3. The van der Waals surface area contributed by atoms with Gasteiger partial charge in [-0.05, 0) is 19.9 Å². The van der Waals surface area contributed by atoms with Crippen LogP contribution in [0.25, 0.3) is 0 Å². The van der Waals surface area contributed by atoms with Gasteiger partial charge in [-0.1, -0.05) is 0 Å². The lowest BCUT2D eigenvalue weighted by Gasteiger charge is -2.31. The summed E-state index contributed by atoms with van der Waals surface area (Å²) in [6.45, 7) is 2.33. The van der Waals surface area contributed by atoms with Crippen molar-refractivity contribution in [2.45, 2.75) is 25.3 Å². The van der Waals surface area contributed by atoms with Crippen molar-refractivity contribution in [1.29, 1.82) is 0 Å². The lowest BCUT2D eigenvalue weighted by molar-refractivity contribution is -0.133. The van der Waals surface area contributed by atoms with Crippen molar-refractivity contribution in [1.82, 2.24) is 10.2 Å². The highest BCUT2D eigenvalue weighted by atomic mass is 16.5. The smallest absolute Gasteiger partial charge is 0.223 e. The third-order valence-corrected chi connectivity index (χ3v) is 2.72. The number of hydrogen-bond acceptors (Lipinski definition) is 3. The molecule has 0 aromatic heterocycles. The lowest BCUT2D eigenvalue weighted by Crippen LogP contribution is -2.41. The van der Waals surface area contributed by atoms with Gasteiger partial charge in [0.05, 0.1) is 0 Å². The first-order valence-corrected chi connectivity index (χ1v) is 5.23. The number of carbonyl (C=O) groups is 1. The monoisotopic (exact) mass is 200 g/mol. The third kappa shape index (κ3) is 3.27. The van der Waals surface area contributed by atoms with Gasteiger partial charge in [0, 0.05) is 39.3 Å². The van der Waals surface area contributed by atoms with Gasteiger partial charge in [0.2, 0.25) is 5.91 Å². The summed E-state index contributed by atoms with van der Waals surface area (Å²) >= 11 is 0. The average molecular weight is 200 g/mol. The summed E-state index contributed by atoms with van der Waals surface area (Å²) in [6.07, 6.45) is 2.54. The third-order valence-electron chi connectivity index (χ3n) is 2.72. The minimum atomic E-state index is 0.228. The van der Waals surface area contributed by atoms with E-state index in [2.05, 4.69) is 5.32 Å². The van der Waals surface area contributed by atoms with Crippen LogP contribution < -0.4 is 5.32 Å². The Bertz CT molecular complexity index is 179. The molecule has 0 bridgehead atoms. The van der Waals surface area contributed by atoms with E-state index in [1.165, 1.54) is 0 Å². The van der Waals surface area contributed by atoms with Crippen LogP contribution in [-0.4, -0.2) is 50.7 Å². The van der Waals surface area contributed by atoms with Crippen LogP contribution in [0.2, 0.25) is 0 Å². The molecule has 0 unspecified atom stereocenters. The van der Waals surface area contributed by atoms with Gasteiger partial charge in [0.25, 0.3) is 0 Å². The normalized spacial score (nSPS) is 18.1. The second kappa shape index (κ2) is 5.98. The zero-order valence-electron chi connectivity index (χ0n) is 9.08. The molecular formula is C10H20N2O2. The molecule has 1 aliphatic heterocycles. The fraction of sp³-hybridized carbons (Fsp3) is 0.900. The van der Waals surface area contributed by atoms with Crippen LogP contribution in [0.15, 0.2) is 0 Å². The van der Waals surface area contributed by atoms with Crippen LogP contribution in [0.1, 0.15) is 19.3 Å². The molecule has 0 aliphatic carbocycles. The number of hydrogen-bond donors (Lipinski definition) is 1. The average Bonchev–Trinajstić information content (AvgIpc) is 2.26. The minimum absolute atomic E-state index is 0.228. The maximum Gasteiger partial charge on any atom is 0.223 e. The van der Waals surface area contributed by atoms with E-state index in [0.29, 0.717) is 12.5 Å². The number of nitrogens with zero attached hydrogens (tertiary/aromatic N) is 1. The Morgan fingerprint density at radius 3 is 2.71 bits per heavy atom. The van der Waals surface area contributed by atoms with Crippen molar-refractivity contribution < 1.29 is 9.53 Å². The highest BCUT2D eigenvalue weighted by Gasteiger charge is 2.21. The molecule has 1 saturated heterocycles. The Morgan fingerprint density at radius 2 is 2.14 bits per heavy atom. The van der Waals surface area contributed by atoms with Crippen molar-refractivity contribution in [2.75, 3.05) is 33.9 Å². The summed E-state index contributed by atoms with van der Waals surface area (Å²) in [5.41, 5.74) is 0. The van der Waals surface area contributed by atoms with E-state index in [1.54, 1.807) is 0 Å². The highest BCUT2D eigenvalue weighted by Crippen LogP contribution is 2.13. The molecule has 1 heterocycles. The van der Waals surface area contributed by atoms with E-state index < -0.39 is 0 Å². The highest BCUT2D eigenvalue weighted by molar-refractivity contribution is 5.76. The van der Waals surface area contributed by atoms with Crippen molar-refractivity contribution in [2.24, 2.45) is 0 Å². The zero-order chi connectivity index (χ0) is 10.4. The van der Waals surface area contributed by atoms with E-state index in [9.17, 15) is 4.79 Å². The number of carbonyl (C=O) groups excluding carboxylic acids is 1. The second-order valence-electron chi connectivity index (χ2n) is 3.70. The van der Waals surface area contributed by atoms with E-state index in [1.807, 2.05) is 19.0 Å². The molecule has 1 rings (SSSR count). The largest absolute Gasteiger partial charge is 0.381 e. The van der Waals surface area contributed by atoms with Gasteiger partial charge in [-0.2, -0.15) is 0 Å². The van der Waals surface area contributed by atoms with Gasteiger partial charge >= 0.3 is 0 Å². The fourth-order valence-corrected chi connectivity index (χ4v) is 1.68. The fourth-order valence-electron chi connectivity index (χ4n) is 1.68. The van der Waals surface area contributed by atoms with Gasteiger partial charge in [-0.15, -0.1) is 0 Å². The number of nitrogens with one attached hydrogen (secondary N) is 1. The van der Waals surface area contributed by atoms with Crippen LogP contribution >= 0.6 is 0 Å². The summed E-state index contributed by atoms with van der Waals surface area (Å²) in [5.74, 6) is 0.228. The van der Waals surface area contributed by atoms with Crippen LogP contribution in [0.4, 0.5) is 0 Å². The van der Waals surface area contributed by atoms with Crippen LogP contribution in [-0.2, 0) is 9.53 Å². The molecule has 0 saturated carbocycles. The molecule has 0 spiro atoms. The van der Waals surface area contributed by atoms with Crippen molar-refractivity contribution >= 4 is 5.91 Å². The molecule has 1 N–H and O–H groups in total. The predicted octanol–water partition coefficient (Wildman–Crippen LogP) is 0.233. The van der Waals surface area contributed by atoms with Gasteiger partial charge < -0.3 is 15.0 Å². The zero-order valence-corrected chi connectivity index (χ0v) is 9.08. The molecule has 0 radical (unpaired) electrons. The Balaban J connectivity index is 2.30. The van der Waals surface area contributed by atoms with Crippen molar-refractivity contribution in [3.05, 3.63) is 0 Å². The number of ether oxygens (including phenoxy) is 1. The number of amides is 1. The molecule has 4 nitrogen and oxygen atoms in total. The maximum atomic E-state index is 11.6. The Hall–Kier alpha value is -0.610. The molecular weight excluding hydrogens is 180 g/mol. The molecule has 1 aliphatic rings. The first-order chi connectivity index (χ1) is 6.75. The van der Waals surface area contributed by atoms with Crippen molar-refractivity contribution in [3.63, 3.8) is 0 Å². The van der Waals surface area contributed by atoms with E-state index >= 15 is 0 Å². The van der Waals surface area contributed by atoms with Gasteiger partial charge in [-0.3, -0.25) is 4.79 Å². The number of rotatable bonds is 4. The molecule has 0 aromatic rings.